The van der Waals surface area contributed by atoms with Gasteiger partial charge in [0, 0.05) is 32.1 Å². The Bertz CT molecular complexity index is 1090. The van der Waals surface area contributed by atoms with Crippen LogP contribution in [-0.4, -0.2) is 28.4 Å². The summed E-state index contributed by atoms with van der Waals surface area (Å²) in [5.74, 6) is 0.643. The number of urea groups is 1. The fourth-order valence-corrected chi connectivity index (χ4v) is 3.43. The Morgan fingerprint density at radius 3 is 2.62 bits per heavy atom. The Morgan fingerprint density at radius 2 is 1.91 bits per heavy atom. The summed E-state index contributed by atoms with van der Waals surface area (Å²) in [6.45, 7) is 1.75. The van der Waals surface area contributed by atoms with Crippen molar-refractivity contribution in [3.8, 4) is 11.6 Å². The molecule has 0 unspecified atom stereocenters. The lowest BCUT2D eigenvalue weighted by atomic mass is 10.1. The average molecular weight is 434 g/mol. The summed E-state index contributed by atoms with van der Waals surface area (Å²) < 4.78 is 18.5. The van der Waals surface area contributed by atoms with Crippen LogP contribution in [-0.2, 0) is 17.9 Å². The number of likely N-dealkylation sites (tertiary alicyclic amines) is 1. The molecule has 0 saturated carbocycles. The highest BCUT2D eigenvalue weighted by Gasteiger charge is 2.19. The van der Waals surface area contributed by atoms with Gasteiger partial charge in [-0.05, 0) is 47.9 Å². The molecular formula is C24H23FN4O3. The minimum atomic E-state index is -0.362. The van der Waals surface area contributed by atoms with E-state index in [0.717, 1.165) is 24.1 Å². The number of nitrogens with one attached hydrogen (secondary N) is 2. The minimum absolute atomic E-state index is 0.190. The van der Waals surface area contributed by atoms with Crippen LogP contribution < -0.4 is 15.4 Å². The number of hydrogen-bond donors (Lipinski definition) is 2. The van der Waals surface area contributed by atoms with Crippen molar-refractivity contribution in [1.82, 2.24) is 15.2 Å². The van der Waals surface area contributed by atoms with Crippen molar-refractivity contribution in [2.24, 2.45) is 0 Å². The van der Waals surface area contributed by atoms with E-state index in [1.54, 1.807) is 12.1 Å². The van der Waals surface area contributed by atoms with Crippen LogP contribution in [0.5, 0.6) is 11.6 Å². The molecule has 0 spiro atoms. The maximum absolute atomic E-state index is 13.0. The first-order valence-corrected chi connectivity index (χ1v) is 10.3. The zero-order chi connectivity index (χ0) is 22.3. The molecule has 3 amide bonds. The third-order valence-electron chi connectivity index (χ3n) is 5.02. The lowest BCUT2D eigenvalue weighted by Gasteiger charge is -2.16. The molecule has 2 N–H and O–H groups in total. The van der Waals surface area contributed by atoms with E-state index in [1.165, 1.54) is 30.5 Å². The van der Waals surface area contributed by atoms with Gasteiger partial charge >= 0.3 is 6.03 Å². The predicted molar refractivity (Wildman–Crippen MR) is 118 cm³/mol. The summed E-state index contributed by atoms with van der Waals surface area (Å²) in [4.78, 5) is 30.0. The molecule has 0 radical (unpaired) electrons. The molecule has 8 heteroatoms. The number of rotatable bonds is 7. The highest BCUT2D eigenvalue weighted by molar-refractivity contribution is 5.89. The summed E-state index contributed by atoms with van der Waals surface area (Å²) in [6, 6.07) is 16.4. The topological polar surface area (TPSA) is 83.6 Å². The van der Waals surface area contributed by atoms with Crippen LogP contribution in [0.4, 0.5) is 14.9 Å². The van der Waals surface area contributed by atoms with E-state index < -0.39 is 0 Å². The maximum atomic E-state index is 13.0. The van der Waals surface area contributed by atoms with Gasteiger partial charge in [-0.25, -0.2) is 14.2 Å². The molecule has 164 valence electrons. The number of anilines is 1. The number of aromatic nitrogens is 1. The molecule has 1 aromatic heterocycles. The Morgan fingerprint density at radius 1 is 1.09 bits per heavy atom. The van der Waals surface area contributed by atoms with Crippen molar-refractivity contribution in [3.05, 3.63) is 83.8 Å². The number of hydrogen-bond acceptors (Lipinski definition) is 4. The Kier molecular flexibility index (Phi) is 6.60. The number of ether oxygens (including phenoxy) is 1. The Hall–Kier alpha value is -3.94. The molecule has 0 atom stereocenters. The molecule has 1 saturated heterocycles. The van der Waals surface area contributed by atoms with Crippen LogP contribution >= 0.6 is 0 Å². The van der Waals surface area contributed by atoms with Gasteiger partial charge in [0.2, 0.25) is 11.8 Å². The maximum Gasteiger partial charge on any atom is 0.319 e. The van der Waals surface area contributed by atoms with E-state index in [1.807, 2.05) is 29.2 Å². The molecule has 7 nitrogen and oxygen atoms in total. The fourth-order valence-electron chi connectivity index (χ4n) is 3.43. The van der Waals surface area contributed by atoms with Crippen LogP contribution in [0.3, 0.4) is 0 Å². The Balaban J connectivity index is 1.26. The number of carbonyl (C=O) groups excluding carboxylic acids is 2. The molecule has 1 fully saturated rings. The van der Waals surface area contributed by atoms with Crippen molar-refractivity contribution in [2.75, 3.05) is 11.9 Å². The summed E-state index contributed by atoms with van der Waals surface area (Å²) in [5, 5.41) is 5.53. The van der Waals surface area contributed by atoms with Crippen LogP contribution in [0.15, 0.2) is 66.9 Å². The standard InChI is InChI=1S/C24H23FN4O3/c25-19-6-9-21(10-7-19)32-22-11-8-20(15-26-22)28-24(31)27-14-17-3-1-4-18(13-17)16-29-12-2-5-23(29)30/h1,3-4,6-11,13,15H,2,5,12,14,16H2,(H2,27,28,31). The number of amides is 3. The highest BCUT2D eigenvalue weighted by Crippen LogP contribution is 2.20. The third-order valence-corrected chi connectivity index (χ3v) is 5.02. The smallest absolute Gasteiger partial charge is 0.319 e. The second-order valence-corrected chi connectivity index (χ2v) is 7.49. The van der Waals surface area contributed by atoms with Gasteiger partial charge in [-0.3, -0.25) is 4.79 Å². The third kappa shape index (κ3) is 5.81. The van der Waals surface area contributed by atoms with Gasteiger partial charge in [-0.15, -0.1) is 0 Å². The zero-order valence-corrected chi connectivity index (χ0v) is 17.4. The molecule has 2 aromatic carbocycles. The van der Waals surface area contributed by atoms with Crippen molar-refractivity contribution < 1.29 is 18.7 Å². The van der Waals surface area contributed by atoms with Crippen molar-refractivity contribution in [2.45, 2.75) is 25.9 Å². The predicted octanol–water partition coefficient (Wildman–Crippen LogP) is 4.46. The van der Waals surface area contributed by atoms with E-state index in [0.29, 0.717) is 36.8 Å². The molecule has 2 heterocycles. The van der Waals surface area contributed by atoms with Crippen molar-refractivity contribution >= 4 is 17.6 Å². The largest absolute Gasteiger partial charge is 0.439 e. The van der Waals surface area contributed by atoms with Crippen molar-refractivity contribution in [3.63, 3.8) is 0 Å². The number of nitrogens with zero attached hydrogens (tertiary/aromatic N) is 2. The summed E-state index contributed by atoms with van der Waals surface area (Å²) in [7, 11) is 0. The van der Waals surface area contributed by atoms with E-state index >= 15 is 0 Å². The van der Waals surface area contributed by atoms with Gasteiger partial charge in [0.1, 0.15) is 11.6 Å². The minimum Gasteiger partial charge on any atom is -0.439 e. The van der Waals surface area contributed by atoms with E-state index in [-0.39, 0.29) is 17.8 Å². The first kappa shape index (κ1) is 21.3. The number of halogens is 1. The molecule has 32 heavy (non-hydrogen) atoms. The van der Waals surface area contributed by atoms with Crippen LogP contribution in [0.2, 0.25) is 0 Å². The van der Waals surface area contributed by atoms with E-state index in [9.17, 15) is 14.0 Å². The molecule has 1 aliphatic heterocycles. The average Bonchev–Trinajstić information content (AvgIpc) is 3.20. The van der Waals surface area contributed by atoms with Crippen LogP contribution in [0, 0.1) is 5.82 Å². The summed E-state index contributed by atoms with van der Waals surface area (Å²) >= 11 is 0. The SMILES string of the molecule is O=C(NCc1cccc(CN2CCCC2=O)c1)Nc1ccc(Oc2ccc(F)cc2)nc1. The first-order valence-electron chi connectivity index (χ1n) is 10.3. The molecule has 4 rings (SSSR count). The normalized spacial score (nSPS) is 13.2. The molecule has 0 aliphatic carbocycles. The molecule has 0 bridgehead atoms. The lowest BCUT2D eigenvalue weighted by Crippen LogP contribution is -2.28. The van der Waals surface area contributed by atoms with Gasteiger partial charge in [0.25, 0.3) is 0 Å². The summed E-state index contributed by atoms with van der Waals surface area (Å²) in [6.07, 6.45) is 3.01. The first-order chi connectivity index (χ1) is 15.5. The van der Waals surface area contributed by atoms with Gasteiger partial charge < -0.3 is 20.3 Å². The van der Waals surface area contributed by atoms with E-state index in [4.69, 9.17) is 4.74 Å². The highest BCUT2D eigenvalue weighted by atomic mass is 19.1. The second-order valence-electron chi connectivity index (χ2n) is 7.49. The van der Waals surface area contributed by atoms with Crippen molar-refractivity contribution in [1.29, 1.82) is 0 Å². The summed E-state index contributed by atoms with van der Waals surface area (Å²) in [5.41, 5.74) is 2.50. The fraction of sp³-hybridized carbons (Fsp3) is 0.208. The second kappa shape index (κ2) is 9.91. The quantitative estimate of drug-likeness (QED) is 0.575. The molecule has 3 aromatic rings. The Labute approximate surface area is 185 Å². The zero-order valence-electron chi connectivity index (χ0n) is 17.4. The molecular weight excluding hydrogens is 411 g/mol. The van der Waals surface area contributed by atoms with Gasteiger partial charge in [0.05, 0.1) is 11.9 Å². The molecule has 1 aliphatic rings. The number of carbonyl (C=O) groups is 2. The van der Waals surface area contributed by atoms with Gasteiger partial charge in [0.15, 0.2) is 0 Å². The lowest BCUT2D eigenvalue weighted by molar-refractivity contribution is -0.128. The number of benzene rings is 2. The number of pyridine rings is 1. The monoisotopic (exact) mass is 434 g/mol. The van der Waals surface area contributed by atoms with Crippen LogP contribution in [0.25, 0.3) is 0 Å². The van der Waals surface area contributed by atoms with Crippen LogP contribution in [0.1, 0.15) is 24.0 Å². The van der Waals surface area contributed by atoms with E-state index in [2.05, 4.69) is 15.6 Å². The van der Waals surface area contributed by atoms with Gasteiger partial charge in [-0.1, -0.05) is 24.3 Å². The van der Waals surface area contributed by atoms with Gasteiger partial charge in [-0.2, -0.15) is 0 Å².